The molecule has 0 saturated heterocycles. The van der Waals surface area contributed by atoms with Crippen molar-refractivity contribution in [1.29, 1.82) is 0 Å². The Kier molecular flexibility index (Phi) is 8.60. The molecular weight excluding hydrogens is 461 g/mol. The molecule has 1 heterocycles. The van der Waals surface area contributed by atoms with Crippen LogP contribution in [0.1, 0.15) is 36.5 Å². The van der Waals surface area contributed by atoms with Gasteiger partial charge < -0.3 is 10.5 Å². The average molecular weight is 487 g/mol. The number of rotatable bonds is 6. The van der Waals surface area contributed by atoms with E-state index < -0.39 is 11.4 Å². The van der Waals surface area contributed by atoms with Crippen molar-refractivity contribution in [3.05, 3.63) is 63.1 Å². The normalized spacial score (nSPS) is 17.4. The molecule has 1 aliphatic heterocycles. The van der Waals surface area contributed by atoms with Crippen molar-refractivity contribution in [3.8, 4) is 0 Å². The number of hydrazine groups is 1. The molecule has 3 rings (SSSR count). The molecule has 0 radical (unpaired) electrons. The first kappa shape index (κ1) is 25.3. The second kappa shape index (κ2) is 10.6. The fourth-order valence-corrected chi connectivity index (χ4v) is 4.72. The van der Waals surface area contributed by atoms with Crippen LogP contribution in [0.15, 0.2) is 36.4 Å². The Morgan fingerprint density at radius 1 is 1.23 bits per heavy atom. The fraction of sp³-hybridized carbons (Fsp3) is 0.364. The highest BCUT2D eigenvalue weighted by molar-refractivity contribution is 6.36. The Morgan fingerprint density at radius 3 is 2.48 bits per heavy atom. The summed E-state index contributed by atoms with van der Waals surface area (Å²) in [6.07, 6.45) is 2.13. The van der Waals surface area contributed by atoms with Gasteiger partial charge in [-0.25, -0.2) is 0 Å². The van der Waals surface area contributed by atoms with Crippen LogP contribution < -0.4 is 16.2 Å². The van der Waals surface area contributed by atoms with Gasteiger partial charge in [-0.3, -0.25) is 20.0 Å². The molecule has 1 amide bonds. The topological polar surface area (TPSA) is 84.7 Å². The van der Waals surface area contributed by atoms with Gasteiger partial charge in [-0.2, -0.15) is 0 Å². The molecule has 0 spiro atoms. The van der Waals surface area contributed by atoms with Gasteiger partial charge in [0.05, 0.1) is 12.8 Å². The number of halogens is 3. The van der Waals surface area contributed by atoms with Gasteiger partial charge in [0.15, 0.2) is 0 Å². The number of carbonyl (C=O) groups excluding carboxylic acids is 2. The fourth-order valence-electron chi connectivity index (χ4n) is 4.07. The van der Waals surface area contributed by atoms with Gasteiger partial charge >= 0.3 is 5.97 Å². The largest absolute Gasteiger partial charge is 0.468 e. The lowest BCUT2D eigenvalue weighted by Crippen LogP contribution is -2.52. The minimum atomic E-state index is -1.12. The summed E-state index contributed by atoms with van der Waals surface area (Å²) >= 11 is 12.9. The molecule has 2 aromatic carbocycles. The zero-order chi connectivity index (χ0) is 21.9. The van der Waals surface area contributed by atoms with Crippen LogP contribution in [-0.4, -0.2) is 32.1 Å². The van der Waals surface area contributed by atoms with Crippen LogP contribution in [-0.2, 0) is 26.2 Å². The van der Waals surface area contributed by atoms with Gasteiger partial charge in [0, 0.05) is 29.1 Å². The number of nitrogens with one attached hydrogen (secondary N) is 1. The van der Waals surface area contributed by atoms with Crippen molar-refractivity contribution in [3.63, 3.8) is 0 Å². The highest BCUT2D eigenvalue weighted by Crippen LogP contribution is 2.49. The maximum atomic E-state index is 13.2. The Morgan fingerprint density at radius 2 is 1.90 bits per heavy atom. The summed E-state index contributed by atoms with van der Waals surface area (Å²) in [7, 11) is 1.36. The Labute approximate surface area is 198 Å². The van der Waals surface area contributed by atoms with Crippen LogP contribution in [0.3, 0.4) is 0 Å². The van der Waals surface area contributed by atoms with Crippen molar-refractivity contribution < 1.29 is 14.3 Å². The van der Waals surface area contributed by atoms with Crippen molar-refractivity contribution >= 4 is 53.2 Å². The number of aryl methyl sites for hydroxylation is 1. The van der Waals surface area contributed by atoms with Crippen LogP contribution >= 0.6 is 35.6 Å². The lowest BCUT2D eigenvalue weighted by molar-refractivity contribution is -0.146. The molecule has 2 aromatic rings. The Hall–Kier alpha value is -1.99. The van der Waals surface area contributed by atoms with Gasteiger partial charge in [0.2, 0.25) is 5.91 Å². The van der Waals surface area contributed by atoms with Gasteiger partial charge in [-0.15, -0.1) is 12.4 Å². The van der Waals surface area contributed by atoms with E-state index in [0.29, 0.717) is 40.8 Å². The average Bonchev–Trinajstić information content (AvgIpc) is 2.72. The van der Waals surface area contributed by atoms with E-state index in [4.69, 9.17) is 33.7 Å². The molecule has 0 saturated carbocycles. The van der Waals surface area contributed by atoms with Crippen molar-refractivity contribution in [2.75, 3.05) is 25.2 Å². The van der Waals surface area contributed by atoms with Crippen LogP contribution in [0.25, 0.3) is 0 Å². The smallest absolute Gasteiger partial charge is 0.321 e. The van der Waals surface area contributed by atoms with E-state index in [1.807, 2.05) is 24.3 Å². The predicted octanol–water partition coefficient (Wildman–Crippen LogP) is 4.03. The zero-order valence-corrected chi connectivity index (χ0v) is 19.7. The highest BCUT2D eigenvalue weighted by Gasteiger charge is 2.49. The van der Waals surface area contributed by atoms with Gasteiger partial charge in [-0.1, -0.05) is 47.5 Å². The number of methoxy groups -OCH3 is 1. The number of ether oxygens (including phenoxy) is 1. The molecule has 31 heavy (non-hydrogen) atoms. The predicted molar refractivity (Wildman–Crippen MR) is 126 cm³/mol. The number of fused-ring (bicyclic) bond motifs is 1. The summed E-state index contributed by atoms with van der Waals surface area (Å²) in [5.41, 5.74) is 10.3. The van der Waals surface area contributed by atoms with Crippen LogP contribution in [0, 0.1) is 0 Å². The molecule has 0 aliphatic carbocycles. The van der Waals surface area contributed by atoms with Crippen LogP contribution in [0.2, 0.25) is 10.0 Å². The summed E-state index contributed by atoms with van der Waals surface area (Å²) < 4.78 is 5.25. The number of esters is 1. The molecule has 1 aliphatic rings. The van der Waals surface area contributed by atoms with E-state index in [1.165, 1.54) is 14.0 Å². The van der Waals surface area contributed by atoms with Crippen molar-refractivity contribution in [2.24, 2.45) is 5.73 Å². The van der Waals surface area contributed by atoms with Crippen LogP contribution in [0.5, 0.6) is 0 Å². The first-order chi connectivity index (χ1) is 14.3. The monoisotopic (exact) mass is 485 g/mol. The van der Waals surface area contributed by atoms with E-state index in [0.717, 1.165) is 24.0 Å². The SMILES string of the molecule is COC(=O)C1(c2ccc(CCCN)cc2)CCN(NC(C)=O)c2cc(Cl)cc(Cl)c21.Cl. The first-order valence-electron chi connectivity index (χ1n) is 9.75. The third kappa shape index (κ3) is 4.93. The summed E-state index contributed by atoms with van der Waals surface area (Å²) in [6, 6.07) is 11.2. The van der Waals surface area contributed by atoms with Gasteiger partial charge in [-0.05, 0) is 49.1 Å². The highest BCUT2D eigenvalue weighted by atomic mass is 35.5. The lowest BCUT2D eigenvalue weighted by Gasteiger charge is -2.43. The number of nitrogens with two attached hydrogens (primary N) is 1. The first-order valence-corrected chi connectivity index (χ1v) is 10.5. The summed E-state index contributed by atoms with van der Waals surface area (Å²) in [6.45, 7) is 2.43. The molecule has 3 N–H and O–H groups in total. The summed E-state index contributed by atoms with van der Waals surface area (Å²) in [4.78, 5) is 25.0. The van der Waals surface area contributed by atoms with E-state index in [-0.39, 0.29) is 18.3 Å². The molecule has 1 unspecified atom stereocenters. The molecule has 0 bridgehead atoms. The molecule has 9 heteroatoms. The van der Waals surface area contributed by atoms with E-state index in [2.05, 4.69) is 5.43 Å². The maximum absolute atomic E-state index is 13.2. The zero-order valence-electron chi connectivity index (χ0n) is 17.4. The Balaban J connectivity index is 0.00000341. The Bertz CT molecular complexity index is 953. The maximum Gasteiger partial charge on any atom is 0.321 e. The third-order valence-electron chi connectivity index (χ3n) is 5.40. The summed E-state index contributed by atoms with van der Waals surface area (Å²) in [5.74, 6) is -0.642. The number of benzene rings is 2. The number of hydrogen-bond acceptors (Lipinski definition) is 5. The van der Waals surface area contributed by atoms with E-state index in [1.54, 1.807) is 17.1 Å². The second-order valence-corrected chi connectivity index (χ2v) is 8.18. The quantitative estimate of drug-likeness (QED) is 0.602. The van der Waals surface area contributed by atoms with E-state index in [9.17, 15) is 9.59 Å². The molecule has 0 aromatic heterocycles. The van der Waals surface area contributed by atoms with Crippen molar-refractivity contribution in [1.82, 2.24) is 5.43 Å². The minimum Gasteiger partial charge on any atom is -0.468 e. The van der Waals surface area contributed by atoms with Gasteiger partial charge in [0.1, 0.15) is 5.41 Å². The van der Waals surface area contributed by atoms with Crippen LogP contribution in [0.4, 0.5) is 5.69 Å². The summed E-state index contributed by atoms with van der Waals surface area (Å²) in [5, 5.41) is 2.42. The number of anilines is 1. The van der Waals surface area contributed by atoms with E-state index >= 15 is 0 Å². The number of amides is 1. The minimum absolute atomic E-state index is 0. The number of hydrogen-bond donors (Lipinski definition) is 2. The second-order valence-electron chi connectivity index (χ2n) is 7.34. The molecule has 168 valence electrons. The molecule has 0 fully saturated rings. The van der Waals surface area contributed by atoms with Crippen molar-refractivity contribution in [2.45, 2.75) is 31.6 Å². The third-order valence-corrected chi connectivity index (χ3v) is 5.92. The molecular formula is C22H26Cl3N3O3. The number of carbonyl (C=O) groups is 2. The van der Waals surface area contributed by atoms with Gasteiger partial charge in [0.25, 0.3) is 0 Å². The molecule has 6 nitrogen and oxygen atoms in total. The lowest BCUT2D eigenvalue weighted by atomic mass is 9.69. The standard InChI is InChI=1S/C22H25Cl2N3O3.ClH/c1-14(28)26-27-11-9-22(21(29)30-2,20-18(24)12-17(23)13-19(20)27)16-7-5-15(6-8-16)4-3-10-25;/h5-8,12-13H,3-4,9-11,25H2,1-2H3,(H,26,28);1H. The molecule has 1 atom stereocenters. The number of nitrogens with zero attached hydrogens (tertiary/aromatic N) is 1.